The molecule has 0 rings (SSSR count). The van der Waals surface area contributed by atoms with Crippen molar-refractivity contribution in [2.45, 2.75) is 360 Å². The molecule has 0 aliphatic heterocycles. The van der Waals surface area contributed by atoms with Gasteiger partial charge in [0.05, 0.1) is 33.8 Å². The van der Waals surface area contributed by atoms with Crippen LogP contribution in [-0.4, -0.2) is 74.3 Å². The van der Waals surface area contributed by atoms with Crippen molar-refractivity contribution in [3.8, 4) is 0 Å². The van der Waals surface area contributed by atoms with Crippen molar-refractivity contribution >= 4 is 19.7 Å². The lowest BCUT2D eigenvalue weighted by Gasteiger charge is -2.27. The maximum Gasteiger partial charge on any atom is 0.472 e. The maximum atomic E-state index is 13.6. The van der Waals surface area contributed by atoms with Gasteiger partial charge in [0.1, 0.15) is 19.3 Å². The quantitative estimate of drug-likeness (QED) is 0.0205. The van der Waals surface area contributed by atoms with E-state index in [1.807, 2.05) is 33.3 Å². The molecule has 0 saturated heterocycles. The Morgan fingerprint density at radius 2 is 0.711 bits per heavy atom. The van der Waals surface area contributed by atoms with Gasteiger partial charge in [-0.05, 0) is 109 Å². The number of carbonyl (C=O) groups is 2. The van der Waals surface area contributed by atoms with Crippen molar-refractivity contribution < 1.29 is 37.3 Å². The number of hydrogen-bond acceptors (Lipinski definition) is 6. The highest BCUT2D eigenvalue weighted by Crippen LogP contribution is 2.43. The Bertz CT molecular complexity index is 1860. The minimum Gasteiger partial charge on any atom is -0.456 e. The molecule has 3 unspecified atom stereocenters. The number of amides is 1. The van der Waals surface area contributed by atoms with E-state index in [0.29, 0.717) is 17.4 Å². The summed E-state index contributed by atoms with van der Waals surface area (Å²) < 4.78 is 30.9. The molecule has 9 nitrogen and oxygen atoms in total. The number of unbranched alkanes of at least 4 members (excludes halogenated alkanes) is 39. The molecule has 0 radical (unpaired) electrons. The molecule has 0 aromatic rings. The lowest BCUT2D eigenvalue weighted by molar-refractivity contribution is -0.870. The van der Waals surface area contributed by atoms with Gasteiger partial charge in [0.25, 0.3) is 0 Å². The van der Waals surface area contributed by atoms with E-state index in [1.165, 1.54) is 205 Å². The van der Waals surface area contributed by atoms with Crippen LogP contribution in [0.25, 0.3) is 0 Å². The standard InChI is InChI=1S/C80H145N2O7P/c1-7-10-13-16-19-22-25-28-30-32-34-36-38-40-41-43-45-47-49-51-53-55-58-61-64-67-70-73-80(84)89-78(71-68-65-62-59-56-27-24-21-18-15-12-9-3)77(76-88-90(85,86)87-75-74-82(4,5)6)81-79(83)72-69-66-63-60-57-54-52-50-48-46-44-42-39-37-35-33-31-29-26-23-20-17-14-11-8-2/h11,14,19-20,22-23,28-31,35,37,42,44,68,71,77-78H,7-10,12-13,15-18,21,24-27,32-34,36,38-41,43,45-67,69-70,72-76H2,1-6H3,(H-,81,83,85,86)/p+1/b14-11-,22-19-,23-20-,30-28-,31-29-,37-35-,44-42-,71-68+. The highest BCUT2D eigenvalue weighted by Gasteiger charge is 2.30. The number of quaternary nitrogens is 1. The van der Waals surface area contributed by atoms with E-state index in [0.717, 1.165) is 109 Å². The normalized spacial score (nSPS) is 14.0. The average molecular weight is 1280 g/mol. The van der Waals surface area contributed by atoms with Gasteiger partial charge in [0, 0.05) is 12.8 Å². The van der Waals surface area contributed by atoms with Crippen LogP contribution in [0.1, 0.15) is 348 Å². The van der Waals surface area contributed by atoms with Crippen molar-refractivity contribution in [3.05, 3.63) is 97.2 Å². The summed E-state index contributed by atoms with van der Waals surface area (Å²) in [6.45, 7) is 6.91. The minimum atomic E-state index is -4.46. The Kier molecular flexibility index (Phi) is 66.4. The Balaban J connectivity index is 4.98. The lowest BCUT2D eigenvalue weighted by atomic mass is 10.0. The molecule has 2 N–H and O–H groups in total. The van der Waals surface area contributed by atoms with Crippen molar-refractivity contribution in [2.24, 2.45) is 0 Å². The largest absolute Gasteiger partial charge is 0.472 e. The molecule has 0 saturated carbocycles. The number of likely N-dealkylation sites (N-methyl/N-ethyl adjacent to an activating group) is 1. The predicted octanol–water partition coefficient (Wildman–Crippen LogP) is 24.6. The van der Waals surface area contributed by atoms with E-state index in [2.05, 4.69) is 111 Å². The van der Waals surface area contributed by atoms with E-state index in [4.69, 9.17) is 13.8 Å². The first-order valence-corrected chi connectivity index (χ1v) is 39.6. The Labute approximate surface area is 558 Å². The topological polar surface area (TPSA) is 111 Å². The molecule has 0 aromatic carbocycles. The molecule has 0 fully saturated rings. The first-order valence-electron chi connectivity index (χ1n) is 38.1. The Hall–Kier alpha value is -3.07. The number of allylic oxidation sites excluding steroid dienone is 15. The number of nitrogens with zero attached hydrogens (tertiary/aromatic N) is 1. The van der Waals surface area contributed by atoms with Crippen LogP contribution in [0.4, 0.5) is 0 Å². The van der Waals surface area contributed by atoms with Crippen LogP contribution in [0.15, 0.2) is 97.2 Å². The van der Waals surface area contributed by atoms with Gasteiger partial charge in [-0.2, -0.15) is 0 Å². The van der Waals surface area contributed by atoms with Gasteiger partial charge < -0.3 is 19.4 Å². The second-order valence-corrected chi connectivity index (χ2v) is 28.2. The van der Waals surface area contributed by atoms with E-state index >= 15 is 0 Å². The van der Waals surface area contributed by atoms with E-state index < -0.39 is 20.0 Å². The molecule has 1 amide bonds. The second-order valence-electron chi connectivity index (χ2n) is 26.8. The summed E-state index contributed by atoms with van der Waals surface area (Å²) in [7, 11) is 1.49. The second kappa shape index (κ2) is 68.8. The van der Waals surface area contributed by atoms with Gasteiger partial charge >= 0.3 is 13.8 Å². The van der Waals surface area contributed by atoms with Crippen LogP contribution in [0.5, 0.6) is 0 Å². The first-order chi connectivity index (χ1) is 43.9. The van der Waals surface area contributed by atoms with E-state index in [1.54, 1.807) is 0 Å². The zero-order valence-corrected chi connectivity index (χ0v) is 60.8. The molecule has 10 heteroatoms. The van der Waals surface area contributed by atoms with Crippen molar-refractivity contribution in [3.63, 3.8) is 0 Å². The fourth-order valence-electron chi connectivity index (χ4n) is 10.9. The van der Waals surface area contributed by atoms with Crippen LogP contribution >= 0.6 is 7.82 Å². The summed E-state index contributed by atoms with van der Waals surface area (Å²) in [5, 5.41) is 3.07. The third kappa shape index (κ3) is 69.3. The number of phosphoric ester groups is 1. The lowest BCUT2D eigenvalue weighted by Crippen LogP contribution is -2.47. The zero-order chi connectivity index (χ0) is 65.6. The molecule has 0 aromatic heterocycles. The molecule has 90 heavy (non-hydrogen) atoms. The Morgan fingerprint density at radius 1 is 0.400 bits per heavy atom. The van der Waals surface area contributed by atoms with Crippen LogP contribution in [0.2, 0.25) is 0 Å². The first kappa shape index (κ1) is 86.9. The van der Waals surface area contributed by atoms with Gasteiger partial charge in [0.2, 0.25) is 5.91 Å². The van der Waals surface area contributed by atoms with E-state index in [9.17, 15) is 19.0 Å². The fraction of sp³-hybridized carbons (Fsp3) is 0.775. The summed E-state index contributed by atoms with van der Waals surface area (Å²) in [4.78, 5) is 38.0. The number of rotatable bonds is 69. The van der Waals surface area contributed by atoms with Crippen LogP contribution < -0.4 is 5.32 Å². The zero-order valence-electron chi connectivity index (χ0n) is 59.9. The SMILES string of the molecule is CC/C=C\C/C=C\C/C=C\C/C=C\C/C=C\CCCCCCCCCCCC(=O)NC(COP(=O)(O)OCC[N+](C)(C)C)C(/C=C/CCCCCCCCCCCC)OC(=O)CCCCCCCCCCCCCCCCCCC/C=C\C/C=C\CCCCC. The van der Waals surface area contributed by atoms with Gasteiger partial charge in [-0.1, -0.05) is 324 Å². The average Bonchev–Trinajstić information content (AvgIpc) is 3.11. The van der Waals surface area contributed by atoms with Gasteiger partial charge in [-0.15, -0.1) is 0 Å². The molecule has 0 spiro atoms. The molecule has 522 valence electrons. The van der Waals surface area contributed by atoms with Crippen LogP contribution in [0, 0.1) is 0 Å². The number of carbonyl (C=O) groups excluding carboxylic acids is 2. The van der Waals surface area contributed by atoms with Crippen molar-refractivity contribution in [2.75, 3.05) is 40.9 Å². The highest BCUT2D eigenvalue weighted by atomic mass is 31.2. The molecule has 0 aliphatic rings. The Morgan fingerprint density at radius 3 is 1.09 bits per heavy atom. The number of ether oxygens (including phenoxy) is 1. The number of phosphoric acid groups is 1. The van der Waals surface area contributed by atoms with Crippen LogP contribution in [-0.2, 0) is 27.9 Å². The van der Waals surface area contributed by atoms with Gasteiger partial charge in [0.15, 0.2) is 0 Å². The summed E-state index contributed by atoms with van der Waals surface area (Å²) in [5.74, 6) is -0.503. The minimum absolute atomic E-state index is 0.0365. The van der Waals surface area contributed by atoms with Gasteiger partial charge in [-0.3, -0.25) is 18.6 Å². The molecular formula is C80H146N2O7P+. The highest BCUT2D eigenvalue weighted by molar-refractivity contribution is 7.47. The smallest absolute Gasteiger partial charge is 0.456 e. The molecule has 0 aliphatic carbocycles. The predicted molar refractivity (Wildman–Crippen MR) is 392 cm³/mol. The van der Waals surface area contributed by atoms with Crippen LogP contribution in [0.3, 0.4) is 0 Å². The summed E-state index contributed by atoms with van der Waals surface area (Å²) in [5.41, 5.74) is 0. The van der Waals surface area contributed by atoms with Crippen molar-refractivity contribution in [1.29, 1.82) is 0 Å². The fourth-order valence-corrected chi connectivity index (χ4v) is 11.7. The molecule has 0 bridgehead atoms. The third-order valence-electron chi connectivity index (χ3n) is 16.8. The summed E-state index contributed by atoms with van der Waals surface area (Å²) >= 11 is 0. The number of nitrogens with one attached hydrogen (secondary N) is 1. The third-order valence-corrected chi connectivity index (χ3v) is 17.7. The number of hydrogen-bond donors (Lipinski definition) is 2. The van der Waals surface area contributed by atoms with Crippen molar-refractivity contribution in [1.82, 2.24) is 5.32 Å². The van der Waals surface area contributed by atoms with Gasteiger partial charge in [-0.25, -0.2) is 4.57 Å². The van der Waals surface area contributed by atoms with E-state index in [-0.39, 0.29) is 31.5 Å². The number of esters is 1. The maximum absolute atomic E-state index is 13.6. The molecule has 3 atom stereocenters. The molecule has 0 heterocycles. The monoisotopic (exact) mass is 1280 g/mol. The summed E-state index contributed by atoms with van der Waals surface area (Å²) in [6, 6.07) is -0.857. The summed E-state index contributed by atoms with van der Waals surface area (Å²) in [6.07, 6.45) is 94.3. The molecular weight excluding hydrogens is 1130 g/mol.